The lowest BCUT2D eigenvalue weighted by Gasteiger charge is -2.19. The maximum atomic E-state index is 12.1. The monoisotopic (exact) mass is 343 g/mol. The van der Waals surface area contributed by atoms with E-state index in [0.29, 0.717) is 12.5 Å². The molecule has 0 bridgehead atoms. The minimum absolute atomic E-state index is 0. The first-order valence-corrected chi connectivity index (χ1v) is 9.08. The van der Waals surface area contributed by atoms with Gasteiger partial charge in [0.05, 0.1) is 5.69 Å². The number of rotatable bonds is 5. The second kappa shape index (κ2) is 8.27. The van der Waals surface area contributed by atoms with E-state index in [2.05, 4.69) is 22.5 Å². The van der Waals surface area contributed by atoms with Crippen LogP contribution in [0.5, 0.6) is 0 Å². The Hall–Kier alpha value is -0.650. The Bertz CT molecular complexity index is 500. The molecule has 1 aliphatic heterocycles. The van der Waals surface area contributed by atoms with Crippen LogP contribution in [0.3, 0.4) is 0 Å². The number of carbonyl (C=O) groups excluding carboxylic acids is 1. The van der Waals surface area contributed by atoms with Gasteiger partial charge >= 0.3 is 0 Å². The Balaban J connectivity index is 0.00000176. The number of thiazole rings is 1. The lowest BCUT2D eigenvalue weighted by Crippen LogP contribution is -2.27. The van der Waals surface area contributed by atoms with Crippen LogP contribution in [0.1, 0.15) is 56.0 Å². The molecule has 2 atom stereocenters. The van der Waals surface area contributed by atoms with Crippen LogP contribution < -0.4 is 10.6 Å². The molecule has 0 saturated carbocycles. The van der Waals surface area contributed by atoms with Gasteiger partial charge in [0.2, 0.25) is 5.91 Å². The average molecular weight is 344 g/mol. The molecule has 2 N–H and O–H groups in total. The van der Waals surface area contributed by atoms with Gasteiger partial charge in [0.15, 0.2) is 5.13 Å². The molecule has 6 heteroatoms. The van der Waals surface area contributed by atoms with Gasteiger partial charge in [-0.2, -0.15) is 0 Å². The van der Waals surface area contributed by atoms with Crippen molar-refractivity contribution in [3.63, 3.8) is 0 Å². The second-order valence-corrected chi connectivity index (χ2v) is 7.42. The molecule has 1 fully saturated rings. The summed E-state index contributed by atoms with van der Waals surface area (Å²) in [6, 6.07) is 0.355. The average Bonchev–Trinajstić information content (AvgIpc) is 3.07. The molecule has 0 aromatic carbocycles. The minimum Gasteiger partial charge on any atom is -0.313 e. The van der Waals surface area contributed by atoms with Crippen molar-refractivity contribution in [3.8, 4) is 0 Å². The lowest BCUT2D eigenvalue weighted by molar-refractivity contribution is -0.116. The zero-order valence-electron chi connectivity index (χ0n) is 13.2. The first-order chi connectivity index (χ1) is 10.2. The highest BCUT2D eigenvalue weighted by Crippen LogP contribution is 2.34. The van der Waals surface area contributed by atoms with Crippen LogP contribution in [0.2, 0.25) is 0 Å². The normalized spacial score (nSPS) is 23.7. The number of amides is 1. The van der Waals surface area contributed by atoms with E-state index in [0.717, 1.165) is 36.9 Å². The molecule has 1 aromatic rings. The highest BCUT2D eigenvalue weighted by atomic mass is 35.5. The molecule has 1 amide bonds. The maximum Gasteiger partial charge on any atom is 0.227 e. The van der Waals surface area contributed by atoms with Gasteiger partial charge in [-0.3, -0.25) is 4.79 Å². The summed E-state index contributed by atoms with van der Waals surface area (Å²) in [6.07, 6.45) is 8.93. The van der Waals surface area contributed by atoms with Gasteiger partial charge in [-0.1, -0.05) is 19.8 Å². The van der Waals surface area contributed by atoms with Gasteiger partial charge in [0.25, 0.3) is 0 Å². The van der Waals surface area contributed by atoms with Crippen molar-refractivity contribution in [2.24, 2.45) is 5.92 Å². The quantitative estimate of drug-likeness (QED) is 0.859. The standard InChI is InChI=1S/C16H25N3OS.ClH/c1-2-4-11-6-7-13-14(9-11)21-16(18-13)19-15(20)10-12-5-3-8-17-12;/h11-12,17H,2-10H2,1H3,(H,18,19,20);1H. The van der Waals surface area contributed by atoms with Gasteiger partial charge < -0.3 is 10.6 Å². The lowest BCUT2D eigenvalue weighted by atomic mass is 9.88. The van der Waals surface area contributed by atoms with Gasteiger partial charge in [0.1, 0.15) is 0 Å². The van der Waals surface area contributed by atoms with E-state index >= 15 is 0 Å². The number of nitrogens with zero attached hydrogens (tertiary/aromatic N) is 1. The zero-order valence-corrected chi connectivity index (χ0v) is 14.8. The summed E-state index contributed by atoms with van der Waals surface area (Å²) in [4.78, 5) is 18.1. The Labute approximate surface area is 142 Å². The fourth-order valence-corrected chi connectivity index (χ4v) is 4.62. The van der Waals surface area contributed by atoms with E-state index in [4.69, 9.17) is 0 Å². The topological polar surface area (TPSA) is 54.0 Å². The third-order valence-corrected chi connectivity index (χ3v) is 5.61. The van der Waals surface area contributed by atoms with Crippen molar-refractivity contribution in [1.29, 1.82) is 0 Å². The smallest absolute Gasteiger partial charge is 0.227 e. The molecule has 4 nitrogen and oxygen atoms in total. The summed E-state index contributed by atoms with van der Waals surface area (Å²) in [6.45, 7) is 3.30. The maximum absolute atomic E-state index is 12.1. The van der Waals surface area contributed by atoms with Crippen LogP contribution in [0, 0.1) is 5.92 Å². The van der Waals surface area contributed by atoms with E-state index in [1.165, 1.54) is 36.3 Å². The van der Waals surface area contributed by atoms with Crippen LogP contribution in [0.4, 0.5) is 5.13 Å². The van der Waals surface area contributed by atoms with Crippen LogP contribution in [0.25, 0.3) is 0 Å². The number of hydrogen-bond acceptors (Lipinski definition) is 4. The van der Waals surface area contributed by atoms with Gasteiger partial charge in [-0.15, -0.1) is 23.7 Å². The predicted molar refractivity (Wildman–Crippen MR) is 94.1 cm³/mol. The molecule has 22 heavy (non-hydrogen) atoms. The zero-order chi connectivity index (χ0) is 14.7. The van der Waals surface area contributed by atoms with Crippen molar-refractivity contribution in [1.82, 2.24) is 10.3 Å². The largest absolute Gasteiger partial charge is 0.313 e. The molecular weight excluding hydrogens is 318 g/mol. The molecule has 1 saturated heterocycles. The first kappa shape index (κ1) is 17.7. The molecule has 1 aliphatic carbocycles. The van der Waals surface area contributed by atoms with Crippen molar-refractivity contribution in [2.75, 3.05) is 11.9 Å². The third kappa shape index (κ3) is 4.43. The molecule has 2 unspecified atom stereocenters. The fraction of sp³-hybridized carbons (Fsp3) is 0.750. The van der Waals surface area contributed by atoms with E-state index in [-0.39, 0.29) is 18.3 Å². The molecule has 0 radical (unpaired) electrons. The SMILES string of the molecule is CCCC1CCc2nc(NC(=O)CC3CCCN3)sc2C1.Cl. The molecule has 2 aliphatic rings. The second-order valence-electron chi connectivity index (χ2n) is 6.33. The molecule has 124 valence electrons. The first-order valence-electron chi connectivity index (χ1n) is 8.26. The number of fused-ring (bicyclic) bond motifs is 1. The highest BCUT2D eigenvalue weighted by molar-refractivity contribution is 7.15. The number of aromatic nitrogens is 1. The Kier molecular flexibility index (Phi) is 6.66. The van der Waals surface area contributed by atoms with Gasteiger partial charge in [-0.05, 0) is 44.6 Å². The van der Waals surface area contributed by atoms with Crippen molar-refractivity contribution < 1.29 is 4.79 Å². The van der Waals surface area contributed by atoms with E-state index in [1.807, 2.05) is 0 Å². The molecule has 3 rings (SSSR count). The summed E-state index contributed by atoms with van der Waals surface area (Å²) < 4.78 is 0. The summed E-state index contributed by atoms with van der Waals surface area (Å²) in [7, 11) is 0. The summed E-state index contributed by atoms with van der Waals surface area (Å²) in [5.41, 5.74) is 1.22. The number of carbonyl (C=O) groups is 1. The van der Waals surface area contributed by atoms with E-state index in [1.54, 1.807) is 11.3 Å². The number of nitrogens with one attached hydrogen (secondary N) is 2. The number of halogens is 1. The van der Waals surface area contributed by atoms with Crippen LogP contribution in [-0.2, 0) is 17.6 Å². The van der Waals surface area contributed by atoms with Gasteiger partial charge in [-0.25, -0.2) is 4.98 Å². The van der Waals surface area contributed by atoms with Crippen LogP contribution in [-0.4, -0.2) is 23.5 Å². The minimum atomic E-state index is 0. The Morgan fingerprint density at radius 3 is 3.05 bits per heavy atom. The van der Waals surface area contributed by atoms with E-state index < -0.39 is 0 Å². The highest BCUT2D eigenvalue weighted by Gasteiger charge is 2.23. The van der Waals surface area contributed by atoms with Crippen LogP contribution >= 0.6 is 23.7 Å². The van der Waals surface area contributed by atoms with Gasteiger partial charge in [0, 0.05) is 17.3 Å². The summed E-state index contributed by atoms with van der Waals surface area (Å²) in [5.74, 6) is 0.916. The van der Waals surface area contributed by atoms with Crippen molar-refractivity contribution >= 4 is 34.8 Å². The van der Waals surface area contributed by atoms with Crippen molar-refractivity contribution in [2.45, 2.75) is 64.3 Å². The van der Waals surface area contributed by atoms with Crippen molar-refractivity contribution in [3.05, 3.63) is 10.6 Å². The molecule has 2 heterocycles. The van der Waals surface area contributed by atoms with E-state index in [9.17, 15) is 4.79 Å². The predicted octanol–water partition coefficient (Wildman–Crippen LogP) is 3.55. The summed E-state index contributed by atoms with van der Waals surface area (Å²) >= 11 is 1.69. The fourth-order valence-electron chi connectivity index (χ4n) is 3.48. The number of hydrogen-bond donors (Lipinski definition) is 2. The van der Waals surface area contributed by atoms with Crippen LogP contribution in [0.15, 0.2) is 0 Å². The molecular formula is C16H26ClN3OS. The number of aryl methyl sites for hydroxylation is 1. The Morgan fingerprint density at radius 2 is 2.32 bits per heavy atom. The molecule has 0 spiro atoms. The summed E-state index contributed by atoms with van der Waals surface area (Å²) in [5, 5.41) is 7.17. The third-order valence-electron chi connectivity index (χ3n) is 4.58. The Morgan fingerprint density at radius 1 is 1.45 bits per heavy atom. The molecule has 1 aromatic heterocycles. The number of anilines is 1.